The van der Waals surface area contributed by atoms with Crippen LogP contribution in [0.25, 0.3) is 0 Å². The van der Waals surface area contributed by atoms with E-state index < -0.39 is 16.6 Å². The second-order valence-electron chi connectivity index (χ2n) is 9.21. The molecule has 0 saturated carbocycles. The smallest absolute Gasteiger partial charge is 0.310 e. The standard InChI is InChI=1S/C16H37NO2SSi2/c1-15(2,3)21(8,9)17-13(12-20-7)14(18)19-22(10,11)16(4,5)6/h13,17H,12H2,1-11H3. The highest BCUT2D eigenvalue weighted by Crippen LogP contribution is 2.37. The number of carbonyl (C=O) groups excluding carboxylic acids is 1. The van der Waals surface area contributed by atoms with E-state index in [4.69, 9.17) is 4.43 Å². The van der Waals surface area contributed by atoms with Crippen LogP contribution in [0.15, 0.2) is 0 Å². The monoisotopic (exact) mass is 363 g/mol. The van der Waals surface area contributed by atoms with E-state index >= 15 is 0 Å². The molecule has 0 aliphatic heterocycles. The topological polar surface area (TPSA) is 38.3 Å². The number of thioether (sulfide) groups is 1. The zero-order chi connectivity index (χ0) is 18.0. The minimum atomic E-state index is -2.06. The Morgan fingerprint density at radius 3 is 1.82 bits per heavy atom. The van der Waals surface area contributed by atoms with Crippen molar-refractivity contribution in [2.75, 3.05) is 12.0 Å². The molecule has 0 spiro atoms. The van der Waals surface area contributed by atoms with E-state index in [0.717, 1.165) is 5.75 Å². The zero-order valence-electron chi connectivity index (χ0n) is 16.5. The molecule has 0 fully saturated rings. The van der Waals surface area contributed by atoms with Gasteiger partial charge in [-0.25, -0.2) is 0 Å². The summed E-state index contributed by atoms with van der Waals surface area (Å²) < 4.78 is 6.02. The van der Waals surface area contributed by atoms with Crippen molar-refractivity contribution in [3.63, 3.8) is 0 Å². The lowest BCUT2D eigenvalue weighted by atomic mass is 10.2. The highest BCUT2D eigenvalue weighted by atomic mass is 32.2. The zero-order valence-corrected chi connectivity index (χ0v) is 19.3. The van der Waals surface area contributed by atoms with Crippen LogP contribution >= 0.6 is 11.8 Å². The third-order valence-corrected chi connectivity index (χ3v) is 15.0. The molecular formula is C16H37NO2SSi2. The van der Waals surface area contributed by atoms with Crippen LogP contribution < -0.4 is 4.98 Å². The molecule has 6 heteroatoms. The van der Waals surface area contributed by atoms with Gasteiger partial charge in [0.05, 0.1) is 0 Å². The van der Waals surface area contributed by atoms with Crippen LogP contribution in [0.2, 0.25) is 36.3 Å². The molecule has 0 aromatic heterocycles. The predicted molar refractivity (Wildman–Crippen MR) is 106 cm³/mol. The Balaban J connectivity index is 5.16. The van der Waals surface area contributed by atoms with Gasteiger partial charge in [-0.1, -0.05) is 54.6 Å². The molecule has 0 radical (unpaired) electrons. The second-order valence-corrected chi connectivity index (χ2v) is 19.9. The molecule has 0 saturated heterocycles. The van der Waals surface area contributed by atoms with Crippen molar-refractivity contribution in [3.05, 3.63) is 0 Å². The third-order valence-electron chi connectivity index (χ3n) is 5.19. The average molecular weight is 364 g/mol. The molecule has 1 atom stereocenters. The summed E-state index contributed by atoms with van der Waals surface area (Å²) in [5, 5.41) is 0.241. The molecule has 22 heavy (non-hydrogen) atoms. The molecule has 0 bridgehead atoms. The average Bonchev–Trinajstić information content (AvgIpc) is 2.24. The first kappa shape index (κ1) is 22.2. The molecule has 1 N–H and O–H groups in total. The lowest BCUT2D eigenvalue weighted by molar-refractivity contribution is -0.136. The van der Waals surface area contributed by atoms with Gasteiger partial charge in [0.2, 0.25) is 0 Å². The highest BCUT2D eigenvalue weighted by Gasteiger charge is 2.43. The molecule has 0 aliphatic rings. The number of hydrogen-bond donors (Lipinski definition) is 1. The number of nitrogens with one attached hydrogen (secondary N) is 1. The summed E-state index contributed by atoms with van der Waals surface area (Å²) in [7, 11) is -3.80. The van der Waals surface area contributed by atoms with Gasteiger partial charge in [0.1, 0.15) is 14.3 Å². The van der Waals surface area contributed by atoms with Crippen molar-refractivity contribution in [3.8, 4) is 0 Å². The first-order chi connectivity index (χ1) is 9.55. The number of rotatable bonds is 6. The largest absolute Gasteiger partial charge is 0.518 e. The first-order valence-electron chi connectivity index (χ1n) is 8.04. The van der Waals surface area contributed by atoms with E-state index in [-0.39, 0.29) is 22.1 Å². The van der Waals surface area contributed by atoms with Crippen LogP contribution in [0.3, 0.4) is 0 Å². The van der Waals surface area contributed by atoms with E-state index in [9.17, 15) is 4.79 Å². The van der Waals surface area contributed by atoms with E-state index in [1.807, 2.05) is 6.26 Å². The maximum atomic E-state index is 12.8. The fraction of sp³-hybridized carbons (Fsp3) is 0.938. The molecular weight excluding hydrogens is 326 g/mol. The molecule has 0 aliphatic carbocycles. The van der Waals surface area contributed by atoms with E-state index in [1.54, 1.807) is 11.8 Å². The SMILES string of the molecule is CSCC(N[Si](C)(C)C(C)(C)C)C(=O)O[Si](C)(C)C(C)(C)C. The maximum Gasteiger partial charge on any atom is 0.310 e. The van der Waals surface area contributed by atoms with Crippen LogP contribution in [0.1, 0.15) is 41.5 Å². The lowest BCUT2D eigenvalue weighted by Crippen LogP contribution is -2.60. The molecule has 3 nitrogen and oxygen atoms in total. The lowest BCUT2D eigenvalue weighted by Gasteiger charge is -2.41. The van der Waals surface area contributed by atoms with Crippen LogP contribution in [-0.4, -0.2) is 40.6 Å². The minimum Gasteiger partial charge on any atom is -0.518 e. The summed E-state index contributed by atoms with van der Waals surface area (Å²) >= 11 is 1.70. The van der Waals surface area contributed by atoms with Gasteiger partial charge in [-0.15, -0.1) is 0 Å². The van der Waals surface area contributed by atoms with Crippen molar-refractivity contribution in [2.24, 2.45) is 0 Å². The fourth-order valence-electron chi connectivity index (χ4n) is 1.46. The summed E-state index contributed by atoms with van der Waals surface area (Å²) in [6.07, 6.45) is 2.04. The number of carbonyl (C=O) groups is 1. The Kier molecular flexibility index (Phi) is 7.48. The van der Waals surface area contributed by atoms with E-state index in [1.165, 1.54) is 0 Å². The Morgan fingerprint density at radius 1 is 1.05 bits per heavy atom. The quantitative estimate of drug-likeness (QED) is 0.684. The molecule has 132 valence electrons. The Morgan fingerprint density at radius 2 is 1.50 bits per heavy atom. The Labute approximate surface area is 144 Å². The van der Waals surface area contributed by atoms with Crippen LogP contribution in [0, 0.1) is 0 Å². The third kappa shape index (κ3) is 6.02. The van der Waals surface area contributed by atoms with E-state index in [0.29, 0.717) is 0 Å². The van der Waals surface area contributed by atoms with Gasteiger partial charge in [-0.2, -0.15) is 11.8 Å². The van der Waals surface area contributed by atoms with Crippen molar-refractivity contribution < 1.29 is 9.22 Å². The molecule has 0 aromatic rings. The summed E-state index contributed by atoms with van der Waals surface area (Å²) in [6.45, 7) is 22.1. The van der Waals surface area contributed by atoms with Gasteiger partial charge in [0.25, 0.3) is 8.32 Å². The maximum absolute atomic E-state index is 12.8. The molecule has 0 heterocycles. The first-order valence-corrected chi connectivity index (χ1v) is 15.3. The van der Waals surface area contributed by atoms with Crippen molar-refractivity contribution >= 4 is 34.3 Å². The second kappa shape index (κ2) is 7.40. The van der Waals surface area contributed by atoms with Gasteiger partial charge in [-0.3, -0.25) is 4.79 Å². The van der Waals surface area contributed by atoms with Crippen LogP contribution in [0.4, 0.5) is 0 Å². The van der Waals surface area contributed by atoms with Crippen molar-refractivity contribution in [1.82, 2.24) is 4.98 Å². The Bertz CT molecular complexity index is 385. The summed E-state index contributed by atoms with van der Waals surface area (Å²) in [6, 6.07) is -0.204. The molecule has 1 unspecified atom stereocenters. The normalized spacial score (nSPS) is 15.6. The van der Waals surface area contributed by atoms with Gasteiger partial charge in [0, 0.05) is 5.75 Å². The molecule has 0 aromatic carbocycles. The highest BCUT2D eigenvalue weighted by molar-refractivity contribution is 7.98. The Hall–Kier alpha value is 0.214. The summed E-state index contributed by atoms with van der Waals surface area (Å²) in [5.41, 5.74) is 0. The van der Waals surface area contributed by atoms with E-state index in [2.05, 4.69) is 72.7 Å². The van der Waals surface area contributed by atoms with Crippen molar-refractivity contribution in [2.45, 2.75) is 83.8 Å². The van der Waals surface area contributed by atoms with Gasteiger partial charge >= 0.3 is 5.97 Å². The predicted octanol–water partition coefficient (Wildman–Crippen LogP) is 4.86. The van der Waals surface area contributed by atoms with Crippen molar-refractivity contribution in [1.29, 1.82) is 0 Å². The molecule has 0 rings (SSSR count). The summed E-state index contributed by atoms with van der Waals surface area (Å²) in [4.78, 5) is 16.4. The van der Waals surface area contributed by atoms with Gasteiger partial charge in [-0.05, 0) is 29.4 Å². The fourth-order valence-corrected chi connectivity index (χ4v) is 4.64. The van der Waals surface area contributed by atoms with Gasteiger partial charge in [0.15, 0.2) is 0 Å². The van der Waals surface area contributed by atoms with Crippen LogP contribution in [0.5, 0.6) is 0 Å². The summed E-state index contributed by atoms with van der Waals surface area (Å²) in [5.74, 6) is 0.700. The number of hydrogen-bond acceptors (Lipinski definition) is 4. The van der Waals surface area contributed by atoms with Gasteiger partial charge < -0.3 is 9.41 Å². The molecule has 0 amide bonds. The minimum absolute atomic E-state index is 0.0452. The van der Waals surface area contributed by atoms with Crippen LogP contribution in [-0.2, 0) is 9.22 Å².